The van der Waals surface area contributed by atoms with E-state index in [9.17, 15) is 19.6 Å². The molecule has 2 atom stereocenters. The van der Waals surface area contributed by atoms with Gasteiger partial charge in [0.05, 0.1) is 24.8 Å². The lowest BCUT2D eigenvalue weighted by molar-refractivity contribution is 0.0947. The Balaban J connectivity index is 1.50. The van der Waals surface area contributed by atoms with E-state index in [-0.39, 0.29) is 23.9 Å². The van der Waals surface area contributed by atoms with E-state index in [4.69, 9.17) is 10.5 Å². The predicted octanol–water partition coefficient (Wildman–Crippen LogP) is 3.56. The molecule has 0 bridgehead atoms. The van der Waals surface area contributed by atoms with E-state index in [1.807, 2.05) is 24.3 Å². The van der Waals surface area contributed by atoms with E-state index in [1.54, 1.807) is 4.68 Å². The first kappa shape index (κ1) is 23.3. The van der Waals surface area contributed by atoms with Crippen LogP contribution in [0.5, 0.6) is 5.75 Å². The fourth-order valence-corrected chi connectivity index (χ4v) is 4.31. The van der Waals surface area contributed by atoms with E-state index >= 15 is 0 Å². The highest BCUT2D eigenvalue weighted by molar-refractivity contribution is 5.96. The summed E-state index contributed by atoms with van der Waals surface area (Å²) in [4.78, 5) is 12.5. The molecule has 176 valence electrons. The number of carbonyl (C=O) groups excluding carboxylic acids is 1. The average Bonchev–Trinajstić information content (AvgIpc) is 3.19. The molecule has 9 heteroatoms. The first-order valence-corrected chi connectivity index (χ1v) is 11.1. The Labute approximate surface area is 196 Å². The molecule has 0 spiro atoms. The number of amides is 1. The highest BCUT2D eigenvalue weighted by Crippen LogP contribution is 2.34. The highest BCUT2D eigenvalue weighted by atomic mass is 19.1. The molecule has 0 aliphatic heterocycles. The third-order valence-corrected chi connectivity index (χ3v) is 6.11. The van der Waals surface area contributed by atoms with Crippen LogP contribution in [-0.2, 0) is 6.54 Å². The fraction of sp³-hybridized carbons (Fsp3) is 0.320. The maximum Gasteiger partial charge on any atom is 0.255 e. The van der Waals surface area contributed by atoms with Crippen molar-refractivity contribution in [2.45, 2.75) is 44.4 Å². The zero-order valence-electron chi connectivity index (χ0n) is 18.8. The SMILES string of the molecule is COc1ccc(F)cc1C(=O)NCc1ccc(-c2nn(C3CCCC(O)C3)c(N)c2C#N)cc1. The molecular weight excluding hydrogens is 437 g/mol. The number of nitrogens with one attached hydrogen (secondary N) is 1. The van der Waals surface area contributed by atoms with Crippen LogP contribution >= 0.6 is 0 Å². The summed E-state index contributed by atoms with van der Waals surface area (Å²) >= 11 is 0. The van der Waals surface area contributed by atoms with Crippen LogP contribution in [0.25, 0.3) is 11.3 Å². The van der Waals surface area contributed by atoms with Crippen LogP contribution in [0.2, 0.25) is 0 Å². The van der Waals surface area contributed by atoms with Gasteiger partial charge in [0.15, 0.2) is 0 Å². The van der Waals surface area contributed by atoms with Crippen molar-refractivity contribution in [3.63, 3.8) is 0 Å². The number of aromatic nitrogens is 2. The van der Waals surface area contributed by atoms with Crippen LogP contribution in [0, 0.1) is 17.1 Å². The molecule has 3 aromatic rings. The molecule has 2 unspecified atom stereocenters. The molecule has 4 rings (SSSR count). The van der Waals surface area contributed by atoms with Gasteiger partial charge >= 0.3 is 0 Å². The van der Waals surface area contributed by atoms with E-state index in [1.165, 1.54) is 19.2 Å². The molecule has 1 heterocycles. The molecule has 1 fully saturated rings. The van der Waals surface area contributed by atoms with Crippen LogP contribution < -0.4 is 15.8 Å². The summed E-state index contributed by atoms with van der Waals surface area (Å²) < 4.78 is 20.4. The molecule has 1 aliphatic carbocycles. The Kier molecular flexibility index (Phi) is 6.80. The number of carbonyl (C=O) groups is 1. The number of anilines is 1. The molecule has 0 radical (unpaired) electrons. The monoisotopic (exact) mass is 463 g/mol. The van der Waals surface area contributed by atoms with Gasteiger partial charge in [-0.25, -0.2) is 9.07 Å². The van der Waals surface area contributed by atoms with Crippen molar-refractivity contribution in [3.8, 4) is 23.1 Å². The number of halogens is 1. The van der Waals surface area contributed by atoms with Crippen molar-refractivity contribution in [1.82, 2.24) is 15.1 Å². The average molecular weight is 464 g/mol. The maximum absolute atomic E-state index is 13.6. The number of methoxy groups -OCH3 is 1. The minimum absolute atomic E-state index is 0.0427. The summed E-state index contributed by atoms with van der Waals surface area (Å²) in [6, 6.07) is 13.1. The van der Waals surface area contributed by atoms with Gasteiger partial charge < -0.3 is 20.9 Å². The lowest BCUT2D eigenvalue weighted by Crippen LogP contribution is -2.24. The van der Waals surface area contributed by atoms with Gasteiger partial charge in [0.2, 0.25) is 0 Å². The van der Waals surface area contributed by atoms with Gasteiger partial charge in [0, 0.05) is 12.1 Å². The second kappa shape index (κ2) is 9.93. The third kappa shape index (κ3) is 4.72. The van der Waals surface area contributed by atoms with Gasteiger partial charge in [-0.2, -0.15) is 10.4 Å². The van der Waals surface area contributed by atoms with Crippen molar-refractivity contribution in [2.75, 3.05) is 12.8 Å². The summed E-state index contributed by atoms with van der Waals surface area (Å²) in [6.07, 6.45) is 2.66. The molecule has 1 aliphatic rings. The van der Waals surface area contributed by atoms with Crippen LogP contribution in [0.3, 0.4) is 0 Å². The molecule has 0 saturated heterocycles. The third-order valence-electron chi connectivity index (χ3n) is 6.11. The standard InChI is InChI=1S/C25H26FN5O3/c1-34-22-10-9-17(26)11-20(22)25(33)29-14-15-5-7-16(8-6-15)23-21(13-27)24(28)31(30-23)18-3-2-4-19(32)12-18/h5-11,18-19,32H,2-4,12,14,28H2,1H3,(H,29,33). The quantitative estimate of drug-likeness (QED) is 0.513. The fourth-order valence-electron chi connectivity index (χ4n) is 4.31. The van der Waals surface area contributed by atoms with Crippen molar-refractivity contribution >= 4 is 11.7 Å². The molecular formula is C25H26FN5O3. The number of nitrogen functional groups attached to an aromatic ring is 1. The number of ether oxygens (including phenoxy) is 1. The number of aliphatic hydroxyl groups is 1. The van der Waals surface area contributed by atoms with E-state index in [0.717, 1.165) is 36.5 Å². The van der Waals surface area contributed by atoms with E-state index < -0.39 is 17.8 Å². The second-order valence-electron chi connectivity index (χ2n) is 8.36. The zero-order valence-corrected chi connectivity index (χ0v) is 18.8. The molecule has 8 nitrogen and oxygen atoms in total. The molecule has 34 heavy (non-hydrogen) atoms. The Bertz CT molecular complexity index is 1230. The van der Waals surface area contributed by atoms with Crippen LogP contribution in [0.1, 0.15) is 53.2 Å². The largest absolute Gasteiger partial charge is 0.496 e. The van der Waals surface area contributed by atoms with Crippen LogP contribution in [0.4, 0.5) is 10.2 Å². The molecule has 2 aromatic carbocycles. The van der Waals surface area contributed by atoms with Crippen molar-refractivity contribution in [2.24, 2.45) is 0 Å². The predicted molar refractivity (Wildman–Crippen MR) is 124 cm³/mol. The molecule has 4 N–H and O–H groups in total. The van der Waals surface area contributed by atoms with Gasteiger partial charge in [-0.3, -0.25) is 4.79 Å². The van der Waals surface area contributed by atoms with Gasteiger partial charge in [0.25, 0.3) is 5.91 Å². The Morgan fingerprint density at radius 3 is 2.76 bits per heavy atom. The topological polar surface area (TPSA) is 126 Å². The zero-order chi connectivity index (χ0) is 24.2. The summed E-state index contributed by atoms with van der Waals surface area (Å²) in [5.41, 5.74) is 8.69. The summed E-state index contributed by atoms with van der Waals surface area (Å²) in [5.74, 6) is -0.382. The summed E-state index contributed by atoms with van der Waals surface area (Å²) in [7, 11) is 1.42. The van der Waals surface area contributed by atoms with Gasteiger partial charge in [0.1, 0.15) is 34.7 Å². The van der Waals surface area contributed by atoms with E-state index in [2.05, 4.69) is 16.5 Å². The summed E-state index contributed by atoms with van der Waals surface area (Å²) in [5, 5.41) is 27.1. The van der Waals surface area contributed by atoms with E-state index in [0.29, 0.717) is 23.5 Å². The minimum Gasteiger partial charge on any atom is -0.496 e. The minimum atomic E-state index is -0.523. The van der Waals surface area contributed by atoms with Gasteiger partial charge in [-0.05, 0) is 49.4 Å². The van der Waals surface area contributed by atoms with Crippen molar-refractivity contribution in [1.29, 1.82) is 5.26 Å². The van der Waals surface area contributed by atoms with Gasteiger partial charge in [-0.15, -0.1) is 0 Å². The number of aliphatic hydroxyl groups excluding tert-OH is 1. The Morgan fingerprint density at radius 1 is 1.32 bits per heavy atom. The van der Waals surface area contributed by atoms with Crippen LogP contribution in [0.15, 0.2) is 42.5 Å². The molecule has 1 amide bonds. The Morgan fingerprint density at radius 2 is 2.09 bits per heavy atom. The number of benzene rings is 2. The second-order valence-corrected chi connectivity index (χ2v) is 8.36. The Hall–Kier alpha value is -3.90. The number of rotatable bonds is 6. The number of hydrogen-bond donors (Lipinski definition) is 3. The number of nitriles is 1. The number of nitrogens with two attached hydrogens (primary N) is 1. The lowest BCUT2D eigenvalue weighted by atomic mass is 9.93. The van der Waals surface area contributed by atoms with Crippen LogP contribution in [-0.4, -0.2) is 34.0 Å². The maximum atomic E-state index is 13.6. The molecule has 1 saturated carbocycles. The number of nitrogens with zero attached hydrogens (tertiary/aromatic N) is 3. The normalized spacial score (nSPS) is 17.7. The first-order chi connectivity index (χ1) is 16.4. The van der Waals surface area contributed by atoms with Gasteiger partial charge in [-0.1, -0.05) is 24.3 Å². The van der Waals surface area contributed by atoms with Crippen molar-refractivity contribution < 1.29 is 19.0 Å². The van der Waals surface area contributed by atoms with Crippen molar-refractivity contribution in [3.05, 3.63) is 65.0 Å². The smallest absolute Gasteiger partial charge is 0.255 e. The lowest BCUT2D eigenvalue weighted by Gasteiger charge is -2.26. The first-order valence-electron chi connectivity index (χ1n) is 11.1. The highest BCUT2D eigenvalue weighted by Gasteiger charge is 2.27. The number of hydrogen-bond acceptors (Lipinski definition) is 6. The summed E-state index contributed by atoms with van der Waals surface area (Å²) in [6.45, 7) is 0.223. The molecule has 1 aromatic heterocycles.